The Labute approximate surface area is 91.1 Å². The maximum Gasteiger partial charge on any atom is 0.136 e. The molecule has 1 atom stereocenters. The Hall–Kier alpha value is -0.920. The Morgan fingerprint density at radius 2 is 2.33 bits per heavy atom. The second kappa shape index (κ2) is 6.54. The molecule has 1 unspecified atom stereocenters. The number of carbonyl (C=O) groups excluding carboxylic acids is 1. The molecule has 0 aliphatic heterocycles. The van der Waals surface area contributed by atoms with Gasteiger partial charge in [0.2, 0.25) is 0 Å². The van der Waals surface area contributed by atoms with Crippen molar-refractivity contribution in [3.8, 4) is 0 Å². The Balaban J connectivity index is 2.42. The quantitative estimate of drug-likeness (QED) is 0.648. The molecular weight excluding hydrogens is 191 g/mol. The molecule has 0 aromatic rings. The van der Waals surface area contributed by atoms with Gasteiger partial charge in [0.1, 0.15) is 12.5 Å². The Bertz CT molecular complexity index is 266. The van der Waals surface area contributed by atoms with Crippen LogP contribution < -0.4 is 0 Å². The lowest BCUT2D eigenvalue weighted by Gasteiger charge is -2.20. The molecule has 1 fully saturated rings. The van der Waals surface area contributed by atoms with Crippen molar-refractivity contribution in [2.75, 3.05) is 6.67 Å². The zero-order chi connectivity index (χ0) is 11.1. The van der Waals surface area contributed by atoms with Gasteiger partial charge in [0.05, 0.1) is 0 Å². The molecule has 1 aliphatic rings. The largest absolute Gasteiger partial charge is 0.299 e. The second-order valence-electron chi connectivity index (χ2n) is 4.21. The van der Waals surface area contributed by atoms with Crippen LogP contribution in [0.25, 0.3) is 0 Å². The molecular formula is C13H19FO. The summed E-state index contributed by atoms with van der Waals surface area (Å²) in [6.07, 6.45) is 9.95. The number of halogens is 1. The van der Waals surface area contributed by atoms with Crippen molar-refractivity contribution in [1.82, 2.24) is 0 Å². The van der Waals surface area contributed by atoms with Crippen LogP contribution in [-0.2, 0) is 4.79 Å². The van der Waals surface area contributed by atoms with Gasteiger partial charge in [-0.2, -0.15) is 0 Å². The van der Waals surface area contributed by atoms with E-state index in [4.69, 9.17) is 0 Å². The summed E-state index contributed by atoms with van der Waals surface area (Å²) in [5.41, 5.74) is 1.17. The highest BCUT2D eigenvalue weighted by atomic mass is 19.1. The molecule has 1 saturated carbocycles. The van der Waals surface area contributed by atoms with Crippen molar-refractivity contribution < 1.29 is 9.18 Å². The fourth-order valence-corrected chi connectivity index (χ4v) is 2.01. The van der Waals surface area contributed by atoms with E-state index in [1.807, 2.05) is 13.0 Å². The smallest absolute Gasteiger partial charge is 0.136 e. The first-order valence-electron chi connectivity index (χ1n) is 5.65. The summed E-state index contributed by atoms with van der Waals surface area (Å²) in [5, 5.41) is 0. The molecule has 0 heterocycles. The van der Waals surface area contributed by atoms with Crippen LogP contribution in [0.1, 0.15) is 39.0 Å². The number of hydrogen-bond acceptors (Lipinski definition) is 1. The number of Topliss-reactive ketones (excluding diaryl/α,β-unsaturated/α-hetero) is 1. The van der Waals surface area contributed by atoms with Gasteiger partial charge in [-0.25, -0.2) is 4.39 Å². The number of carbonyl (C=O) groups is 1. The van der Waals surface area contributed by atoms with Crippen molar-refractivity contribution >= 4 is 5.78 Å². The highest BCUT2D eigenvalue weighted by Crippen LogP contribution is 2.26. The van der Waals surface area contributed by atoms with Crippen LogP contribution in [0.5, 0.6) is 0 Å². The predicted molar refractivity (Wildman–Crippen MR) is 60.5 cm³/mol. The maximum atomic E-state index is 11.8. The van der Waals surface area contributed by atoms with Crippen LogP contribution in [0.3, 0.4) is 0 Å². The van der Waals surface area contributed by atoms with Gasteiger partial charge in [-0.1, -0.05) is 30.2 Å². The first kappa shape index (κ1) is 12.2. The summed E-state index contributed by atoms with van der Waals surface area (Å²) in [6.45, 7) is 1.58. The van der Waals surface area contributed by atoms with Gasteiger partial charge in [0.15, 0.2) is 0 Å². The molecule has 0 radical (unpaired) electrons. The predicted octanol–water partition coefficient (Wildman–Crippen LogP) is 3.61. The van der Waals surface area contributed by atoms with Gasteiger partial charge < -0.3 is 0 Å². The first-order valence-corrected chi connectivity index (χ1v) is 5.65. The van der Waals surface area contributed by atoms with Gasteiger partial charge in [0.25, 0.3) is 0 Å². The van der Waals surface area contributed by atoms with Crippen molar-refractivity contribution in [3.05, 3.63) is 23.8 Å². The molecule has 84 valence electrons. The average Bonchev–Trinajstić information content (AvgIpc) is 2.22. The zero-order valence-corrected chi connectivity index (χ0v) is 9.34. The molecule has 1 rings (SSSR count). The summed E-state index contributed by atoms with van der Waals surface area (Å²) in [7, 11) is 0. The normalized spacial score (nSPS) is 23.7. The zero-order valence-electron chi connectivity index (χ0n) is 9.34. The standard InChI is InChI=1S/C13H19FO/c1-11(6-4-5-9-14)10-12-7-2-3-8-13(12)15/h4-6,12H,2-3,7-10H2,1H3/b5-4-,11-6+. The molecule has 1 aliphatic carbocycles. The van der Waals surface area contributed by atoms with Crippen molar-refractivity contribution in [3.63, 3.8) is 0 Å². The van der Waals surface area contributed by atoms with Crippen LogP contribution in [0.15, 0.2) is 23.8 Å². The average molecular weight is 210 g/mol. The van der Waals surface area contributed by atoms with Crippen molar-refractivity contribution in [2.24, 2.45) is 5.92 Å². The minimum atomic E-state index is -0.424. The van der Waals surface area contributed by atoms with E-state index >= 15 is 0 Å². The topological polar surface area (TPSA) is 17.1 Å². The third kappa shape index (κ3) is 4.41. The van der Waals surface area contributed by atoms with E-state index < -0.39 is 6.67 Å². The third-order valence-electron chi connectivity index (χ3n) is 2.86. The Kier molecular flexibility index (Phi) is 5.30. The lowest BCUT2D eigenvalue weighted by Crippen LogP contribution is -2.19. The van der Waals surface area contributed by atoms with E-state index in [0.717, 1.165) is 25.7 Å². The van der Waals surface area contributed by atoms with E-state index in [9.17, 15) is 9.18 Å². The number of ketones is 1. The Morgan fingerprint density at radius 1 is 1.53 bits per heavy atom. The van der Waals surface area contributed by atoms with E-state index in [1.165, 1.54) is 18.1 Å². The number of hydrogen-bond donors (Lipinski definition) is 0. The van der Waals surface area contributed by atoms with Crippen LogP contribution >= 0.6 is 0 Å². The lowest BCUT2D eigenvalue weighted by atomic mass is 9.84. The van der Waals surface area contributed by atoms with Crippen LogP contribution in [0, 0.1) is 5.92 Å². The number of rotatable bonds is 4. The first-order chi connectivity index (χ1) is 7.24. The molecule has 0 aromatic heterocycles. The third-order valence-corrected chi connectivity index (χ3v) is 2.86. The molecule has 0 amide bonds. The molecule has 2 heteroatoms. The summed E-state index contributed by atoms with van der Waals surface area (Å²) in [5.74, 6) is 0.622. The highest BCUT2D eigenvalue weighted by molar-refractivity contribution is 5.81. The van der Waals surface area contributed by atoms with Gasteiger partial charge in [-0.05, 0) is 26.2 Å². The van der Waals surface area contributed by atoms with Gasteiger partial charge in [-0.15, -0.1) is 0 Å². The number of alkyl halides is 1. The molecule has 15 heavy (non-hydrogen) atoms. The SMILES string of the molecule is C/C(=C\C=C/CF)CC1CCCCC1=O. The van der Waals surface area contributed by atoms with Gasteiger partial charge >= 0.3 is 0 Å². The van der Waals surface area contributed by atoms with E-state index in [2.05, 4.69) is 0 Å². The monoisotopic (exact) mass is 210 g/mol. The molecule has 0 saturated heterocycles. The van der Waals surface area contributed by atoms with E-state index in [-0.39, 0.29) is 5.92 Å². The molecule has 0 N–H and O–H groups in total. The van der Waals surface area contributed by atoms with Crippen LogP contribution in [0.2, 0.25) is 0 Å². The van der Waals surface area contributed by atoms with Gasteiger partial charge in [-0.3, -0.25) is 4.79 Å². The molecule has 0 aromatic carbocycles. The summed E-state index contributed by atoms with van der Waals surface area (Å²) in [4.78, 5) is 11.6. The summed E-state index contributed by atoms with van der Waals surface area (Å²) >= 11 is 0. The van der Waals surface area contributed by atoms with E-state index in [0.29, 0.717) is 5.78 Å². The van der Waals surface area contributed by atoms with E-state index in [1.54, 1.807) is 6.08 Å². The lowest BCUT2D eigenvalue weighted by molar-refractivity contribution is -0.124. The van der Waals surface area contributed by atoms with Crippen molar-refractivity contribution in [2.45, 2.75) is 39.0 Å². The summed E-state index contributed by atoms with van der Waals surface area (Å²) < 4.78 is 11.8. The maximum absolute atomic E-state index is 11.8. The molecule has 0 bridgehead atoms. The van der Waals surface area contributed by atoms with Crippen molar-refractivity contribution in [1.29, 1.82) is 0 Å². The molecule has 0 spiro atoms. The Morgan fingerprint density at radius 3 is 3.00 bits per heavy atom. The fraction of sp³-hybridized carbons (Fsp3) is 0.615. The minimum absolute atomic E-state index is 0.216. The summed E-state index contributed by atoms with van der Waals surface area (Å²) in [6, 6.07) is 0. The second-order valence-corrected chi connectivity index (χ2v) is 4.21. The number of allylic oxidation sites excluding steroid dienone is 4. The van der Waals surface area contributed by atoms with Crippen LogP contribution in [0.4, 0.5) is 4.39 Å². The highest BCUT2D eigenvalue weighted by Gasteiger charge is 2.21. The van der Waals surface area contributed by atoms with Crippen LogP contribution in [-0.4, -0.2) is 12.5 Å². The fourth-order valence-electron chi connectivity index (χ4n) is 2.01. The minimum Gasteiger partial charge on any atom is -0.299 e. The van der Waals surface area contributed by atoms with Gasteiger partial charge in [0, 0.05) is 12.3 Å². The molecule has 1 nitrogen and oxygen atoms in total.